The van der Waals surface area contributed by atoms with Gasteiger partial charge in [-0.3, -0.25) is 4.90 Å². The van der Waals surface area contributed by atoms with Gasteiger partial charge in [-0.1, -0.05) is 48.5 Å². The van der Waals surface area contributed by atoms with Crippen molar-refractivity contribution in [2.45, 2.75) is 80.8 Å². The van der Waals surface area contributed by atoms with Crippen LogP contribution in [0.4, 0.5) is 0 Å². The van der Waals surface area contributed by atoms with E-state index in [4.69, 9.17) is 0 Å². The molecule has 0 aliphatic carbocycles. The zero-order valence-electron chi connectivity index (χ0n) is 14.8. The van der Waals surface area contributed by atoms with Crippen LogP contribution in [-0.4, -0.2) is 23.5 Å². The van der Waals surface area contributed by atoms with E-state index in [-0.39, 0.29) is 5.54 Å². The third-order valence-electron chi connectivity index (χ3n) is 6.33. The van der Waals surface area contributed by atoms with E-state index >= 15 is 0 Å². The average molecular weight is 255 g/mol. The molecule has 0 amide bonds. The molecule has 0 saturated heterocycles. The standard InChI is InChI=1S/C17H37N/c1-12(2)14(5)15(6)18(11)17(9,10)16(7,8)13(3)4/h12-15H,1-11H3. The monoisotopic (exact) mass is 255 g/mol. The molecule has 1 heteroatoms. The largest absolute Gasteiger partial charge is 0.298 e. The van der Waals surface area contributed by atoms with Gasteiger partial charge in [-0.2, -0.15) is 0 Å². The van der Waals surface area contributed by atoms with Gasteiger partial charge in [0, 0.05) is 11.6 Å². The van der Waals surface area contributed by atoms with Crippen molar-refractivity contribution in [2.75, 3.05) is 7.05 Å². The summed E-state index contributed by atoms with van der Waals surface area (Å²) in [5.41, 5.74) is 0.496. The Bertz CT molecular complexity index is 250. The van der Waals surface area contributed by atoms with Gasteiger partial charge in [-0.05, 0) is 51.0 Å². The summed E-state index contributed by atoms with van der Waals surface area (Å²) in [6.45, 7) is 23.7. The third kappa shape index (κ3) is 3.29. The van der Waals surface area contributed by atoms with Gasteiger partial charge in [0.1, 0.15) is 0 Å². The molecule has 18 heavy (non-hydrogen) atoms. The Balaban J connectivity index is 5.13. The highest BCUT2D eigenvalue weighted by molar-refractivity contribution is 4.98. The van der Waals surface area contributed by atoms with Gasteiger partial charge in [0.15, 0.2) is 0 Å². The molecule has 2 atom stereocenters. The molecule has 0 bridgehead atoms. The Morgan fingerprint density at radius 2 is 1.17 bits per heavy atom. The van der Waals surface area contributed by atoms with E-state index in [0.717, 1.165) is 11.8 Å². The Morgan fingerprint density at radius 3 is 1.44 bits per heavy atom. The van der Waals surface area contributed by atoms with Gasteiger partial charge < -0.3 is 0 Å². The van der Waals surface area contributed by atoms with E-state index < -0.39 is 0 Å². The molecule has 0 aromatic heterocycles. The number of hydrogen-bond donors (Lipinski definition) is 0. The van der Waals surface area contributed by atoms with Crippen LogP contribution in [0.25, 0.3) is 0 Å². The maximum absolute atomic E-state index is 2.59. The molecule has 0 aromatic carbocycles. The summed E-state index contributed by atoms with van der Waals surface area (Å²) in [6, 6.07) is 0.609. The van der Waals surface area contributed by atoms with Crippen LogP contribution >= 0.6 is 0 Å². The summed E-state index contributed by atoms with van der Waals surface area (Å²) in [6.07, 6.45) is 0. The van der Waals surface area contributed by atoms with Crippen molar-refractivity contribution in [3.8, 4) is 0 Å². The fraction of sp³-hybridized carbons (Fsp3) is 1.00. The molecule has 0 aromatic rings. The van der Waals surface area contributed by atoms with Crippen LogP contribution < -0.4 is 0 Å². The minimum Gasteiger partial charge on any atom is -0.298 e. The molecule has 0 heterocycles. The average Bonchev–Trinajstić information content (AvgIpc) is 2.25. The molecule has 110 valence electrons. The van der Waals surface area contributed by atoms with Crippen LogP contribution in [-0.2, 0) is 0 Å². The van der Waals surface area contributed by atoms with E-state index in [0.29, 0.717) is 17.4 Å². The van der Waals surface area contributed by atoms with E-state index in [9.17, 15) is 0 Å². The normalized spacial score (nSPS) is 17.7. The van der Waals surface area contributed by atoms with Gasteiger partial charge >= 0.3 is 0 Å². The van der Waals surface area contributed by atoms with Gasteiger partial charge in [0.05, 0.1) is 0 Å². The molecular formula is C17H37N. The molecule has 1 nitrogen and oxygen atoms in total. The first-order chi connectivity index (χ1) is 7.87. The molecule has 0 N–H and O–H groups in total. The summed E-state index contributed by atoms with van der Waals surface area (Å²) in [5.74, 6) is 2.13. The van der Waals surface area contributed by atoms with Crippen molar-refractivity contribution in [3.63, 3.8) is 0 Å². The molecule has 0 aliphatic rings. The van der Waals surface area contributed by atoms with Crippen LogP contribution in [0.3, 0.4) is 0 Å². The number of nitrogens with zero attached hydrogens (tertiary/aromatic N) is 1. The maximum Gasteiger partial charge on any atom is 0.0206 e. The summed E-state index contributed by atoms with van der Waals surface area (Å²) in [7, 11) is 2.30. The number of hydrogen-bond acceptors (Lipinski definition) is 1. The molecule has 2 unspecified atom stereocenters. The van der Waals surface area contributed by atoms with Crippen LogP contribution in [0.1, 0.15) is 69.2 Å². The van der Waals surface area contributed by atoms with Gasteiger partial charge in [0.25, 0.3) is 0 Å². The third-order valence-corrected chi connectivity index (χ3v) is 6.33. The highest BCUT2D eigenvalue weighted by atomic mass is 15.2. The quantitative estimate of drug-likeness (QED) is 0.641. The van der Waals surface area contributed by atoms with Gasteiger partial charge in [0.2, 0.25) is 0 Å². The second-order valence-corrected chi connectivity index (χ2v) is 7.89. The van der Waals surface area contributed by atoms with E-state index in [2.05, 4.69) is 81.2 Å². The Morgan fingerprint density at radius 1 is 0.778 bits per heavy atom. The second-order valence-electron chi connectivity index (χ2n) is 7.89. The zero-order chi connectivity index (χ0) is 14.9. The van der Waals surface area contributed by atoms with Crippen LogP contribution in [0.5, 0.6) is 0 Å². The van der Waals surface area contributed by atoms with Gasteiger partial charge in [-0.25, -0.2) is 0 Å². The van der Waals surface area contributed by atoms with Crippen molar-refractivity contribution >= 4 is 0 Å². The first-order valence-electron chi connectivity index (χ1n) is 7.60. The maximum atomic E-state index is 2.59. The molecule has 0 spiro atoms. The minimum absolute atomic E-state index is 0.198. The van der Waals surface area contributed by atoms with Crippen molar-refractivity contribution in [2.24, 2.45) is 23.2 Å². The lowest BCUT2D eigenvalue weighted by molar-refractivity contribution is -0.0385. The van der Waals surface area contributed by atoms with Crippen molar-refractivity contribution in [1.29, 1.82) is 0 Å². The molecular weight excluding hydrogens is 218 g/mol. The first-order valence-corrected chi connectivity index (χ1v) is 7.60. The lowest BCUT2D eigenvalue weighted by Gasteiger charge is -2.53. The van der Waals surface area contributed by atoms with Crippen LogP contribution in [0, 0.1) is 23.2 Å². The summed E-state index contributed by atoms with van der Waals surface area (Å²) >= 11 is 0. The van der Waals surface area contributed by atoms with Gasteiger partial charge in [-0.15, -0.1) is 0 Å². The topological polar surface area (TPSA) is 3.24 Å². The molecule has 0 radical (unpaired) electrons. The second kappa shape index (κ2) is 5.94. The van der Waals surface area contributed by atoms with Crippen molar-refractivity contribution in [1.82, 2.24) is 4.90 Å². The molecule has 0 rings (SSSR count). The molecule has 0 saturated carbocycles. The van der Waals surface area contributed by atoms with Crippen LogP contribution in [0.2, 0.25) is 0 Å². The minimum atomic E-state index is 0.198. The Labute approximate surface area is 116 Å². The summed E-state index contributed by atoms with van der Waals surface area (Å²) in [5, 5.41) is 0. The predicted octanol–water partition coefficient (Wildman–Crippen LogP) is 5.06. The predicted molar refractivity (Wildman–Crippen MR) is 83.9 cm³/mol. The highest BCUT2D eigenvalue weighted by Crippen LogP contribution is 2.42. The summed E-state index contributed by atoms with van der Waals surface area (Å²) in [4.78, 5) is 2.59. The highest BCUT2D eigenvalue weighted by Gasteiger charge is 2.44. The smallest absolute Gasteiger partial charge is 0.0206 e. The Hall–Kier alpha value is -0.0400. The fourth-order valence-electron chi connectivity index (χ4n) is 2.58. The fourth-order valence-corrected chi connectivity index (χ4v) is 2.58. The van der Waals surface area contributed by atoms with Crippen molar-refractivity contribution < 1.29 is 0 Å². The molecule has 0 aliphatic heterocycles. The molecule has 0 fully saturated rings. The van der Waals surface area contributed by atoms with E-state index in [1.165, 1.54) is 0 Å². The van der Waals surface area contributed by atoms with E-state index in [1.54, 1.807) is 0 Å². The first kappa shape index (κ1) is 18.0. The van der Waals surface area contributed by atoms with Crippen LogP contribution in [0.15, 0.2) is 0 Å². The lowest BCUT2D eigenvalue weighted by atomic mass is 9.66. The zero-order valence-corrected chi connectivity index (χ0v) is 14.8. The summed E-state index contributed by atoms with van der Waals surface area (Å²) < 4.78 is 0. The lowest BCUT2D eigenvalue weighted by Crippen LogP contribution is -2.58. The van der Waals surface area contributed by atoms with Crippen molar-refractivity contribution in [3.05, 3.63) is 0 Å². The van der Waals surface area contributed by atoms with E-state index in [1.807, 2.05) is 0 Å². The Kier molecular flexibility index (Phi) is 5.93. The SMILES string of the molecule is CC(C)C(C)C(C)N(C)C(C)(C)C(C)(C)C(C)C. The number of rotatable bonds is 6.